The van der Waals surface area contributed by atoms with Crippen molar-refractivity contribution >= 4 is 38.9 Å². The highest BCUT2D eigenvalue weighted by atomic mass is 16.6. The maximum absolute atomic E-state index is 11.1. The number of hydrazine groups is 1. The number of pyridine rings is 1. The Morgan fingerprint density at radius 2 is 1.71 bits per heavy atom. The highest BCUT2D eigenvalue weighted by Gasteiger charge is 2.14. The fourth-order valence-corrected chi connectivity index (χ4v) is 3.06. The number of nitrogens with zero attached hydrogens (tertiary/aromatic N) is 2. The van der Waals surface area contributed by atoms with E-state index in [0.29, 0.717) is 16.8 Å². The molecule has 0 radical (unpaired) electrons. The minimum absolute atomic E-state index is 0.00491. The van der Waals surface area contributed by atoms with Gasteiger partial charge >= 0.3 is 0 Å². The van der Waals surface area contributed by atoms with E-state index in [-0.39, 0.29) is 5.69 Å². The van der Waals surface area contributed by atoms with Gasteiger partial charge in [0, 0.05) is 22.9 Å². The number of aryl methyl sites for hydroxylation is 1. The molecule has 0 aliphatic heterocycles. The van der Waals surface area contributed by atoms with Gasteiger partial charge in [0.05, 0.1) is 34.4 Å². The first-order valence-corrected chi connectivity index (χ1v) is 8.70. The van der Waals surface area contributed by atoms with Crippen LogP contribution in [0.25, 0.3) is 21.8 Å². The molecule has 4 rings (SSSR count). The number of nitrogens with one attached hydrogen (secondary N) is 2. The average molecular weight is 374 g/mol. The second-order valence-electron chi connectivity index (χ2n) is 6.44. The molecule has 2 N–H and O–H groups in total. The van der Waals surface area contributed by atoms with Crippen LogP contribution in [0.1, 0.15) is 5.56 Å². The number of rotatable bonds is 5. The van der Waals surface area contributed by atoms with Crippen molar-refractivity contribution in [2.75, 3.05) is 18.0 Å². The standard InChI is InChI=1S/C21H18N4O3/c1-13-3-5-14(6-4-13)23-24-21-17-9-7-15(25(26)27)11-20(17)22-19-10-8-16(28-2)12-18(19)21/h3-12,23H,1-2H3,(H,22,24). The third-order valence-electron chi connectivity index (χ3n) is 4.56. The van der Waals surface area contributed by atoms with Crippen molar-refractivity contribution in [2.45, 2.75) is 6.92 Å². The predicted octanol–water partition coefficient (Wildman–Crippen LogP) is 5.05. The van der Waals surface area contributed by atoms with E-state index in [2.05, 4.69) is 15.8 Å². The molecule has 7 heteroatoms. The quantitative estimate of drug-likeness (QED) is 0.289. The summed E-state index contributed by atoms with van der Waals surface area (Å²) in [5.74, 6) is 0.703. The molecule has 140 valence electrons. The molecule has 0 unspecified atom stereocenters. The Labute approximate surface area is 161 Å². The molecule has 0 atom stereocenters. The first kappa shape index (κ1) is 17.5. The molecule has 28 heavy (non-hydrogen) atoms. The van der Waals surface area contributed by atoms with Gasteiger partial charge in [0.1, 0.15) is 5.75 Å². The van der Waals surface area contributed by atoms with E-state index in [1.54, 1.807) is 13.2 Å². The number of non-ortho nitro benzene ring substituents is 1. The van der Waals surface area contributed by atoms with Crippen molar-refractivity contribution in [3.05, 3.63) is 76.3 Å². The van der Waals surface area contributed by atoms with Gasteiger partial charge < -0.3 is 10.2 Å². The summed E-state index contributed by atoms with van der Waals surface area (Å²) in [6.45, 7) is 2.03. The minimum atomic E-state index is -0.420. The zero-order valence-corrected chi connectivity index (χ0v) is 15.4. The molecule has 0 bridgehead atoms. The predicted molar refractivity (Wildman–Crippen MR) is 111 cm³/mol. The van der Waals surface area contributed by atoms with Crippen LogP contribution < -0.4 is 15.6 Å². The molecular weight excluding hydrogens is 356 g/mol. The summed E-state index contributed by atoms with van der Waals surface area (Å²) in [4.78, 5) is 15.3. The molecule has 0 aliphatic carbocycles. The number of nitro benzene ring substituents is 1. The molecule has 0 saturated carbocycles. The smallest absolute Gasteiger partial charge is 0.271 e. The monoisotopic (exact) mass is 374 g/mol. The molecule has 0 amide bonds. The van der Waals surface area contributed by atoms with Crippen LogP contribution >= 0.6 is 0 Å². The van der Waals surface area contributed by atoms with E-state index in [4.69, 9.17) is 4.74 Å². The summed E-state index contributed by atoms with van der Waals surface area (Å²) in [5, 5.41) is 12.8. The van der Waals surface area contributed by atoms with E-state index in [1.165, 1.54) is 17.7 Å². The maximum Gasteiger partial charge on any atom is 0.271 e. The van der Waals surface area contributed by atoms with Crippen LogP contribution in [0.15, 0.2) is 60.7 Å². The lowest BCUT2D eigenvalue weighted by Crippen LogP contribution is -2.10. The average Bonchev–Trinajstić information content (AvgIpc) is 2.71. The molecule has 0 saturated heterocycles. The fraction of sp³-hybridized carbons (Fsp3) is 0.0952. The van der Waals surface area contributed by atoms with Crippen molar-refractivity contribution < 1.29 is 9.66 Å². The summed E-state index contributed by atoms with van der Waals surface area (Å²) in [7, 11) is 1.61. The Bertz CT molecular complexity index is 1190. The lowest BCUT2D eigenvalue weighted by Gasteiger charge is -2.15. The second kappa shape index (κ2) is 7.03. The highest BCUT2D eigenvalue weighted by molar-refractivity contribution is 6.08. The third kappa shape index (κ3) is 3.25. The van der Waals surface area contributed by atoms with Crippen molar-refractivity contribution in [3.8, 4) is 5.75 Å². The largest absolute Gasteiger partial charge is 0.497 e. The number of fused-ring (bicyclic) bond motifs is 2. The summed E-state index contributed by atoms with van der Waals surface area (Å²) >= 11 is 0. The van der Waals surface area contributed by atoms with Gasteiger partial charge in [-0.05, 0) is 43.3 Å². The number of nitro groups is 1. The molecule has 0 aliphatic rings. The molecule has 1 aromatic heterocycles. The van der Waals surface area contributed by atoms with Crippen LogP contribution in [0.5, 0.6) is 5.75 Å². The summed E-state index contributed by atoms with van der Waals surface area (Å²) in [5.41, 5.74) is 10.5. The molecule has 1 heterocycles. The van der Waals surface area contributed by atoms with Gasteiger partial charge in [0.25, 0.3) is 5.69 Å². The SMILES string of the molecule is COc1ccc2nc3cc([N+](=O)[O-])ccc3c(NNc3ccc(C)cc3)c2c1. The number of benzene rings is 3. The molecule has 0 fully saturated rings. The molecule has 7 nitrogen and oxygen atoms in total. The van der Waals surface area contributed by atoms with Crippen molar-refractivity contribution in [2.24, 2.45) is 0 Å². The summed E-state index contributed by atoms with van der Waals surface area (Å²) in [6, 6.07) is 18.2. The molecule has 4 aromatic rings. The Morgan fingerprint density at radius 1 is 0.929 bits per heavy atom. The molecule has 3 aromatic carbocycles. The fourth-order valence-electron chi connectivity index (χ4n) is 3.06. The number of anilines is 2. The second-order valence-corrected chi connectivity index (χ2v) is 6.44. The Kier molecular flexibility index (Phi) is 4.41. The topological polar surface area (TPSA) is 89.3 Å². The third-order valence-corrected chi connectivity index (χ3v) is 4.56. The number of hydrogen-bond donors (Lipinski definition) is 2. The van der Waals surface area contributed by atoms with Gasteiger partial charge in [-0.2, -0.15) is 0 Å². The van der Waals surface area contributed by atoms with Crippen molar-refractivity contribution in [3.63, 3.8) is 0 Å². The van der Waals surface area contributed by atoms with Gasteiger partial charge in [-0.3, -0.25) is 15.5 Å². The van der Waals surface area contributed by atoms with Crippen LogP contribution in [-0.4, -0.2) is 17.0 Å². The lowest BCUT2D eigenvalue weighted by molar-refractivity contribution is -0.384. The van der Waals surface area contributed by atoms with E-state index >= 15 is 0 Å². The number of hydrogen-bond acceptors (Lipinski definition) is 6. The van der Waals surface area contributed by atoms with E-state index in [0.717, 1.165) is 22.1 Å². The zero-order valence-electron chi connectivity index (χ0n) is 15.4. The van der Waals surface area contributed by atoms with E-state index in [1.807, 2.05) is 49.4 Å². The molecule has 0 spiro atoms. The minimum Gasteiger partial charge on any atom is -0.497 e. The lowest BCUT2D eigenvalue weighted by atomic mass is 10.1. The van der Waals surface area contributed by atoms with E-state index < -0.39 is 4.92 Å². The van der Waals surface area contributed by atoms with Crippen LogP contribution in [0, 0.1) is 17.0 Å². The van der Waals surface area contributed by atoms with Crippen LogP contribution in [-0.2, 0) is 0 Å². The Morgan fingerprint density at radius 3 is 2.43 bits per heavy atom. The summed E-state index contributed by atoms with van der Waals surface area (Å²) < 4.78 is 5.35. The van der Waals surface area contributed by atoms with Gasteiger partial charge in [-0.1, -0.05) is 17.7 Å². The first-order chi connectivity index (χ1) is 13.5. The van der Waals surface area contributed by atoms with Crippen LogP contribution in [0.4, 0.5) is 17.1 Å². The highest BCUT2D eigenvalue weighted by Crippen LogP contribution is 2.34. The Hall–Kier alpha value is -3.87. The van der Waals surface area contributed by atoms with Crippen molar-refractivity contribution in [1.82, 2.24) is 4.98 Å². The number of aromatic nitrogens is 1. The van der Waals surface area contributed by atoms with Gasteiger partial charge in [-0.25, -0.2) is 4.98 Å². The van der Waals surface area contributed by atoms with Gasteiger partial charge in [0.2, 0.25) is 0 Å². The zero-order chi connectivity index (χ0) is 19.7. The van der Waals surface area contributed by atoms with Gasteiger partial charge in [-0.15, -0.1) is 0 Å². The van der Waals surface area contributed by atoms with Crippen molar-refractivity contribution in [1.29, 1.82) is 0 Å². The van der Waals surface area contributed by atoms with Crippen LogP contribution in [0.3, 0.4) is 0 Å². The number of ether oxygens (including phenoxy) is 1. The summed E-state index contributed by atoms with van der Waals surface area (Å²) in [6.07, 6.45) is 0. The van der Waals surface area contributed by atoms with E-state index in [9.17, 15) is 10.1 Å². The van der Waals surface area contributed by atoms with Gasteiger partial charge in [0.15, 0.2) is 0 Å². The molecular formula is C21H18N4O3. The number of methoxy groups -OCH3 is 1. The first-order valence-electron chi connectivity index (χ1n) is 8.70. The maximum atomic E-state index is 11.1. The Balaban J connectivity index is 1.87. The normalized spacial score (nSPS) is 10.8. The van der Waals surface area contributed by atoms with Crippen LogP contribution in [0.2, 0.25) is 0 Å².